The Morgan fingerprint density at radius 3 is 2.71 bits per heavy atom. The number of nitriles is 1. The molecule has 0 aliphatic rings. The van der Waals surface area contributed by atoms with Gasteiger partial charge in [-0.2, -0.15) is 5.26 Å². The van der Waals surface area contributed by atoms with Crippen molar-refractivity contribution in [2.75, 3.05) is 6.54 Å². The fourth-order valence-electron chi connectivity index (χ4n) is 2.12. The van der Waals surface area contributed by atoms with Gasteiger partial charge >= 0.3 is 0 Å². The molecule has 0 saturated carbocycles. The molecule has 0 saturated heterocycles. The van der Waals surface area contributed by atoms with Gasteiger partial charge in [0.15, 0.2) is 0 Å². The summed E-state index contributed by atoms with van der Waals surface area (Å²) >= 11 is 0. The topological polar surface area (TPSA) is 45.0 Å². The van der Waals surface area contributed by atoms with Crippen LogP contribution >= 0.6 is 0 Å². The SMILES string of the molecule is CCNC(C)c1ccccc1Oc1ccc(C#N)c(F)c1. The monoisotopic (exact) mass is 284 g/mol. The first-order valence-corrected chi connectivity index (χ1v) is 6.85. The van der Waals surface area contributed by atoms with E-state index in [9.17, 15) is 4.39 Å². The van der Waals surface area contributed by atoms with Crippen molar-refractivity contribution in [3.05, 3.63) is 59.4 Å². The molecule has 0 radical (unpaired) electrons. The third kappa shape index (κ3) is 3.59. The summed E-state index contributed by atoms with van der Waals surface area (Å²) in [7, 11) is 0. The van der Waals surface area contributed by atoms with E-state index in [1.165, 1.54) is 12.1 Å². The minimum atomic E-state index is -0.577. The van der Waals surface area contributed by atoms with E-state index in [2.05, 4.69) is 5.32 Å². The molecular weight excluding hydrogens is 267 g/mol. The van der Waals surface area contributed by atoms with Crippen LogP contribution in [0.4, 0.5) is 4.39 Å². The summed E-state index contributed by atoms with van der Waals surface area (Å²) in [5.41, 5.74) is 1.01. The molecule has 0 fully saturated rings. The molecule has 1 unspecified atom stereocenters. The Kier molecular flexibility index (Phi) is 4.91. The van der Waals surface area contributed by atoms with Crippen LogP contribution in [0.5, 0.6) is 11.5 Å². The maximum Gasteiger partial charge on any atom is 0.144 e. The summed E-state index contributed by atoms with van der Waals surface area (Å²) in [6.45, 7) is 4.93. The van der Waals surface area contributed by atoms with Crippen molar-refractivity contribution in [3.63, 3.8) is 0 Å². The molecule has 4 heteroatoms. The molecule has 0 amide bonds. The fourth-order valence-corrected chi connectivity index (χ4v) is 2.12. The number of hydrogen-bond donors (Lipinski definition) is 1. The zero-order valence-corrected chi connectivity index (χ0v) is 12.1. The highest BCUT2D eigenvalue weighted by atomic mass is 19.1. The molecule has 2 aromatic rings. The van der Waals surface area contributed by atoms with Gasteiger partial charge in [0.1, 0.15) is 23.4 Å². The number of nitrogens with one attached hydrogen (secondary N) is 1. The highest BCUT2D eigenvalue weighted by molar-refractivity contribution is 5.42. The van der Waals surface area contributed by atoms with E-state index in [1.54, 1.807) is 12.1 Å². The summed E-state index contributed by atoms with van der Waals surface area (Å²) in [5, 5.41) is 12.1. The van der Waals surface area contributed by atoms with E-state index in [1.807, 2.05) is 38.1 Å². The van der Waals surface area contributed by atoms with Gasteiger partial charge in [0.2, 0.25) is 0 Å². The van der Waals surface area contributed by atoms with Crippen molar-refractivity contribution in [3.8, 4) is 17.6 Å². The van der Waals surface area contributed by atoms with E-state index < -0.39 is 5.82 Å². The molecule has 0 bridgehead atoms. The predicted molar refractivity (Wildman–Crippen MR) is 79.7 cm³/mol. The van der Waals surface area contributed by atoms with Crippen molar-refractivity contribution in [1.82, 2.24) is 5.32 Å². The molecule has 1 N–H and O–H groups in total. The molecular formula is C17H17FN2O. The Balaban J connectivity index is 2.28. The second kappa shape index (κ2) is 6.87. The van der Waals surface area contributed by atoms with Gasteiger partial charge in [0, 0.05) is 17.7 Å². The van der Waals surface area contributed by atoms with Crippen LogP contribution in [0.1, 0.15) is 31.0 Å². The third-order valence-corrected chi connectivity index (χ3v) is 3.18. The van der Waals surface area contributed by atoms with Crippen LogP contribution < -0.4 is 10.1 Å². The number of nitrogens with zero attached hydrogens (tertiary/aromatic N) is 1. The fraction of sp³-hybridized carbons (Fsp3) is 0.235. The molecule has 2 aromatic carbocycles. The molecule has 2 rings (SSSR count). The summed E-state index contributed by atoms with van der Waals surface area (Å²) in [6, 6.07) is 13.8. The zero-order chi connectivity index (χ0) is 15.2. The van der Waals surface area contributed by atoms with Crippen LogP contribution in [-0.4, -0.2) is 6.54 Å². The van der Waals surface area contributed by atoms with Gasteiger partial charge in [-0.25, -0.2) is 4.39 Å². The Bertz CT molecular complexity index is 664. The van der Waals surface area contributed by atoms with Gasteiger partial charge in [-0.15, -0.1) is 0 Å². The minimum absolute atomic E-state index is 0.0108. The number of benzene rings is 2. The molecule has 0 aromatic heterocycles. The summed E-state index contributed by atoms with van der Waals surface area (Å²) < 4.78 is 19.4. The lowest BCUT2D eigenvalue weighted by Gasteiger charge is -2.17. The minimum Gasteiger partial charge on any atom is -0.457 e. The van der Waals surface area contributed by atoms with E-state index in [0.717, 1.165) is 12.1 Å². The molecule has 21 heavy (non-hydrogen) atoms. The highest BCUT2D eigenvalue weighted by Crippen LogP contribution is 2.30. The average molecular weight is 284 g/mol. The van der Waals surface area contributed by atoms with Gasteiger partial charge in [-0.3, -0.25) is 0 Å². The number of hydrogen-bond acceptors (Lipinski definition) is 3. The van der Waals surface area contributed by atoms with Crippen molar-refractivity contribution in [2.24, 2.45) is 0 Å². The predicted octanol–water partition coefficient (Wildman–Crippen LogP) is 4.16. The van der Waals surface area contributed by atoms with Crippen molar-refractivity contribution >= 4 is 0 Å². The van der Waals surface area contributed by atoms with E-state index in [0.29, 0.717) is 11.5 Å². The summed E-state index contributed by atoms with van der Waals surface area (Å²) in [4.78, 5) is 0. The number of rotatable bonds is 5. The lowest BCUT2D eigenvalue weighted by molar-refractivity contribution is 0.458. The summed E-state index contributed by atoms with van der Waals surface area (Å²) in [5.74, 6) is 0.477. The summed E-state index contributed by atoms with van der Waals surface area (Å²) in [6.07, 6.45) is 0. The average Bonchev–Trinajstić information content (AvgIpc) is 2.48. The third-order valence-electron chi connectivity index (χ3n) is 3.18. The van der Waals surface area contributed by atoms with Crippen LogP contribution in [0.15, 0.2) is 42.5 Å². The first-order chi connectivity index (χ1) is 10.2. The Labute approximate surface area is 124 Å². The quantitative estimate of drug-likeness (QED) is 0.896. The Morgan fingerprint density at radius 1 is 1.29 bits per heavy atom. The van der Waals surface area contributed by atoms with Gasteiger partial charge in [0.05, 0.1) is 5.56 Å². The molecule has 3 nitrogen and oxygen atoms in total. The maximum absolute atomic E-state index is 13.6. The number of halogens is 1. The normalized spacial score (nSPS) is 11.7. The van der Waals surface area contributed by atoms with Crippen molar-refractivity contribution < 1.29 is 9.13 Å². The molecule has 1 atom stereocenters. The van der Waals surface area contributed by atoms with Crippen LogP contribution in [0, 0.1) is 17.1 Å². The second-order valence-electron chi connectivity index (χ2n) is 4.67. The van der Waals surface area contributed by atoms with Gasteiger partial charge in [-0.1, -0.05) is 25.1 Å². The molecule has 0 aliphatic heterocycles. The van der Waals surface area contributed by atoms with Crippen molar-refractivity contribution in [1.29, 1.82) is 5.26 Å². The first kappa shape index (κ1) is 15.0. The van der Waals surface area contributed by atoms with Crippen molar-refractivity contribution in [2.45, 2.75) is 19.9 Å². The zero-order valence-electron chi connectivity index (χ0n) is 12.1. The van der Waals surface area contributed by atoms with Gasteiger partial charge in [0.25, 0.3) is 0 Å². The highest BCUT2D eigenvalue weighted by Gasteiger charge is 2.11. The smallest absolute Gasteiger partial charge is 0.144 e. The second-order valence-corrected chi connectivity index (χ2v) is 4.67. The molecule has 0 heterocycles. The first-order valence-electron chi connectivity index (χ1n) is 6.85. The molecule has 108 valence electrons. The standard InChI is InChI=1S/C17H17FN2O/c1-3-20-12(2)15-6-4-5-7-17(15)21-14-9-8-13(11-19)16(18)10-14/h4-10,12,20H,3H2,1-2H3. The van der Waals surface area contributed by atoms with E-state index >= 15 is 0 Å². The lowest BCUT2D eigenvalue weighted by Crippen LogP contribution is -2.18. The van der Waals surface area contributed by atoms with E-state index in [-0.39, 0.29) is 11.6 Å². The number of ether oxygens (including phenoxy) is 1. The largest absolute Gasteiger partial charge is 0.457 e. The van der Waals surface area contributed by atoms with E-state index in [4.69, 9.17) is 10.00 Å². The van der Waals surface area contributed by atoms with Gasteiger partial charge in [-0.05, 0) is 31.7 Å². The maximum atomic E-state index is 13.6. The molecule has 0 aliphatic carbocycles. The number of para-hydroxylation sites is 1. The Hall–Kier alpha value is -2.38. The van der Waals surface area contributed by atoms with Crippen LogP contribution in [0.2, 0.25) is 0 Å². The van der Waals surface area contributed by atoms with Crippen LogP contribution in [-0.2, 0) is 0 Å². The van der Waals surface area contributed by atoms with Gasteiger partial charge < -0.3 is 10.1 Å². The van der Waals surface area contributed by atoms with Crippen LogP contribution in [0.25, 0.3) is 0 Å². The molecule has 0 spiro atoms. The lowest BCUT2D eigenvalue weighted by atomic mass is 10.1. The van der Waals surface area contributed by atoms with Crippen LogP contribution in [0.3, 0.4) is 0 Å². The Morgan fingerprint density at radius 2 is 2.05 bits per heavy atom.